The molecule has 0 aliphatic heterocycles. The van der Waals surface area contributed by atoms with Crippen LogP contribution in [0.3, 0.4) is 0 Å². The molecule has 3 aromatic heterocycles. The molecular weight excluding hydrogens is 414 g/mol. The number of aryl methyl sites for hydroxylation is 1. The predicted molar refractivity (Wildman–Crippen MR) is 128 cm³/mol. The first-order valence-corrected chi connectivity index (χ1v) is 10.7. The SMILES string of the molecule is Cc1cc(N)ncc1CNC(=O)c1cncc(Cc2ccc(Cc3ccc[nH]c3=O)cc2)c1. The summed E-state index contributed by atoms with van der Waals surface area (Å²) >= 11 is 0. The quantitative estimate of drug-likeness (QED) is 0.409. The summed E-state index contributed by atoms with van der Waals surface area (Å²) in [5, 5.41) is 2.91. The number of carbonyl (C=O) groups excluding carboxylic acids is 1. The molecule has 0 aliphatic carbocycles. The lowest BCUT2D eigenvalue weighted by atomic mass is 10.0. The van der Waals surface area contributed by atoms with Crippen LogP contribution in [0.5, 0.6) is 0 Å². The molecule has 7 heteroatoms. The molecule has 0 saturated carbocycles. The lowest BCUT2D eigenvalue weighted by molar-refractivity contribution is 0.0950. The van der Waals surface area contributed by atoms with Gasteiger partial charge in [0.1, 0.15) is 5.82 Å². The average molecular weight is 440 g/mol. The van der Waals surface area contributed by atoms with E-state index in [0.717, 1.165) is 33.4 Å². The van der Waals surface area contributed by atoms with Gasteiger partial charge in [-0.2, -0.15) is 0 Å². The first-order valence-electron chi connectivity index (χ1n) is 10.7. The van der Waals surface area contributed by atoms with Crippen LogP contribution < -0.4 is 16.6 Å². The van der Waals surface area contributed by atoms with Crippen molar-refractivity contribution >= 4 is 11.7 Å². The minimum absolute atomic E-state index is 0.0643. The summed E-state index contributed by atoms with van der Waals surface area (Å²) in [6, 6.07) is 15.4. The molecule has 1 amide bonds. The topological polar surface area (TPSA) is 114 Å². The van der Waals surface area contributed by atoms with Gasteiger partial charge in [-0.1, -0.05) is 30.3 Å². The summed E-state index contributed by atoms with van der Waals surface area (Å²) < 4.78 is 0. The summed E-state index contributed by atoms with van der Waals surface area (Å²) in [5.74, 6) is 0.269. The first-order chi connectivity index (χ1) is 16.0. The molecule has 4 rings (SSSR count). The van der Waals surface area contributed by atoms with Crippen LogP contribution in [-0.4, -0.2) is 20.9 Å². The molecule has 1 aromatic carbocycles. The van der Waals surface area contributed by atoms with Crippen LogP contribution in [0.25, 0.3) is 0 Å². The van der Waals surface area contributed by atoms with E-state index >= 15 is 0 Å². The Morgan fingerprint density at radius 1 is 0.970 bits per heavy atom. The molecule has 0 bridgehead atoms. The van der Waals surface area contributed by atoms with Crippen molar-refractivity contribution in [1.82, 2.24) is 20.3 Å². The van der Waals surface area contributed by atoms with Gasteiger partial charge in [0.25, 0.3) is 11.5 Å². The van der Waals surface area contributed by atoms with Gasteiger partial charge in [-0.25, -0.2) is 4.98 Å². The highest BCUT2D eigenvalue weighted by molar-refractivity contribution is 5.94. The van der Waals surface area contributed by atoms with Crippen molar-refractivity contribution in [1.29, 1.82) is 0 Å². The van der Waals surface area contributed by atoms with Crippen LogP contribution in [0.15, 0.2) is 78.1 Å². The second kappa shape index (κ2) is 9.91. The van der Waals surface area contributed by atoms with E-state index in [-0.39, 0.29) is 11.5 Å². The predicted octanol–water partition coefficient (Wildman–Crippen LogP) is 3.17. The highest BCUT2D eigenvalue weighted by Crippen LogP contribution is 2.14. The monoisotopic (exact) mass is 439 g/mol. The molecule has 166 valence electrons. The van der Waals surface area contributed by atoms with Crippen molar-refractivity contribution in [3.05, 3.63) is 123 Å². The van der Waals surface area contributed by atoms with Crippen molar-refractivity contribution in [3.63, 3.8) is 0 Å². The Bertz CT molecular complexity index is 1330. The zero-order valence-electron chi connectivity index (χ0n) is 18.3. The fraction of sp³-hybridized carbons (Fsp3) is 0.154. The number of hydrogen-bond donors (Lipinski definition) is 3. The van der Waals surface area contributed by atoms with Crippen LogP contribution in [-0.2, 0) is 19.4 Å². The zero-order chi connectivity index (χ0) is 23.2. The number of nitrogen functional groups attached to an aromatic ring is 1. The number of anilines is 1. The number of aromatic nitrogens is 3. The molecule has 0 fully saturated rings. The Kier molecular flexibility index (Phi) is 6.59. The largest absolute Gasteiger partial charge is 0.384 e. The van der Waals surface area contributed by atoms with E-state index in [1.54, 1.807) is 30.9 Å². The van der Waals surface area contributed by atoms with Gasteiger partial charge in [0, 0.05) is 43.3 Å². The van der Waals surface area contributed by atoms with Crippen molar-refractivity contribution < 1.29 is 4.79 Å². The van der Waals surface area contributed by atoms with Gasteiger partial charge in [0.15, 0.2) is 0 Å². The second-order valence-electron chi connectivity index (χ2n) is 7.99. The molecule has 0 atom stereocenters. The summed E-state index contributed by atoms with van der Waals surface area (Å²) in [5.41, 5.74) is 11.9. The Morgan fingerprint density at radius 3 is 2.45 bits per heavy atom. The molecule has 0 radical (unpaired) electrons. The number of carbonyl (C=O) groups is 1. The van der Waals surface area contributed by atoms with E-state index in [9.17, 15) is 9.59 Å². The van der Waals surface area contributed by atoms with Gasteiger partial charge in [-0.15, -0.1) is 0 Å². The minimum Gasteiger partial charge on any atom is -0.384 e. The van der Waals surface area contributed by atoms with Crippen LogP contribution in [0, 0.1) is 6.92 Å². The molecule has 0 aliphatic rings. The highest BCUT2D eigenvalue weighted by atomic mass is 16.1. The molecule has 0 saturated heterocycles. The van der Waals surface area contributed by atoms with Gasteiger partial charge >= 0.3 is 0 Å². The zero-order valence-corrected chi connectivity index (χ0v) is 18.3. The summed E-state index contributed by atoms with van der Waals surface area (Å²) in [6.45, 7) is 2.30. The van der Waals surface area contributed by atoms with Gasteiger partial charge in [0.2, 0.25) is 0 Å². The third kappa shape index (κ3) is 5.71. The van der Waals surface area contributed by atoms with Crippen LogP contribution >= 0.6 is 0 Å². The molecule has 7 nitrogen and oxygen atoms in total. The Hall–Kier alpha value is -4.26. The highest BCUT2D eigenvalue weighted by Gasteiger charge is 2.09. The number of aromatic amines is 1. The molecule has 0 unspecified atom stereocenters. The van der Waals surface area contributed by atoms with Crippen LogP contribution in [0.1, 0.15) is 43.7 Å². The lowest BCUT2D eigenvalue weighted by Crippen LogP contribution is -2.23. The molecular formula is C26H25N5O2. The van der Waals surface area contributed by atoms with E-state index in [1.807, 2.05) is 49.4 Å². The number of benzene rings is 1. The maximum atomic E-state index is 12.6. The molecule has 4 aromatic rings. The number of nitrogens with two attached hydrogens (primary N) is 1. The third-order valence-electron chi connectivity index (χ3n) is 5.46. The molecule has 4 N–H and O–H groups in total. The number of H-pyrrole nitrogens is 1. The summed E-state index contributed by atoms with van der Waals surface area (Å²) in [6.07, 6.45) is 7.87. The normalized spacial score (nSPS) is 10.7. The van der Waals surface area contributed by atoms with Crippen molar-refractivity contribution in [2.24, 2.45) is 0 Å². The van der Waals surface area contributed by atoms with Gasteiger partial charge in [-0.05, 0) is 59.4 Å². The molecule has 0 spiro atoms. The molecule has 3 heterocycles. The van der Waals surface area contributed by atoms with Crippen LogP contribution in [0.2, 0.25) is 0 Å². The number of hydrogen-bond acceptors (Lipinski definition) is 5. The smallest absolute Gasteiger partial charge is 0.253 e. The fourth-order valence-electron chi connectivity index (χ4n) is 3.60. The van der Waals surface area contributed by atoms with E-state index in [1.165, 1.54) is 0 Å². The Morgan fingerprint density at radius 2 is 1.73 bits per heavy atom. The molecule has 33 heavy (non-hydrogen) atoms. The van der Waals surface area contributed by atoms with E-state index < -0.39 is 0 Å². The van der Waals surface area contributed by atoms with Gasteiger partial charge in [-0.3, -0.25) is 14.6 Å². The van der Waals surface area contributed by atoms with Crippen molar-refractivity contribution in [3.8, 4) is 0 Å². The van der Waals surface area contributed by atoms with Crippen molar-refractivity contribution in [2.75, 3.05) is 5.73 Å². The first kappa shape index (κ1) is 22.0. The maximum Gasteiger partial charge on any atom is 0.253 e. The minimum atomic E-state index is -0.191. The second-order valence-corrected chi connectivity index (χ2v) is 7.99. The number of amides is 1. The van der Waals surface area contributed by atoms with Gasteiger partial charge in [0.05, 0.1) is 5.56 Å². The van der Waals surface area contributed by atoms with E-state index in [0.29, 0.717) is 30.8 Å². The lowest BCUT2D eigenvalue weighted by Gasteiger charge is -2.09. The summed E-state index contributed by atoms with van der Waals surface area (Å²) in [7, 11) is 0. The Labute approximate surface area is 191 Å². The fourth-order valence-corrected chi connectivity index (χ4v) is 3.60. The number of nitrogens with one attached hydrogen (secondary N) is 2. The summed E-state index contributed by atoms with van der Waals surface area (Å²) in [4.78, 5) is 35.5. The van der Waals surface area contributed by atoms with Gasteiger partial charge < -0.3 is 16.0 Å². The number of nitrogens with zero attached hydrogens (tertiary/aromatic N) is 2. The standard InChI is InChI=1S/C26H25N5O2/c1-17-9-24(27)30-15-23(17)16-31-26(33)22-12-20(13-28-14-22)10-18-4-6-19(7-5-18)11-21-3-2-8-29-25(21)32/h2-9,12-15H,10-11,16H2,1H3,(H2,27,30)(H,29,32)(H,31,33). The number of pyridine rings is 3. The average Bonchev–Trinajstić information content (AvgIpc) is 2.81. The van der Waals surface area contributed by atoms with E-state index in [2.05, 4.69) is 20.3 Å². The Balaban J connectivity index is 1.38. The number of rotatable bonds is 7. The van der Waals surface area contributed by atoms with E-state index in [4.69, 9.17) is 5.73 Å². The maximum absolute atomic E-state index is 12.6. The van der Waals surface area contributed by atoms with Crippen molar-refractivity contribution in [2.45, 2.75) is 26.3 Å². The third-order valence-corrected chi connectivity index (χ3v) is 5.46. The van der Waals surface area contributed by atoms with Crippen LogP contribution in [0.4, 0.5) is 5.82 Å².